The minimum absolute atomic E-state index is 0.0365. The van der Waals surface area contributed by atoms with Crippen LogP contribution in [0.15, 0.2) is 54.2 Å². The van der Waals surface area contributed by atoms with E-state index in [9.17, 15) is 4.79 Å². The van der Waals surface area contributed by atoms with Crippen LogP contribution in [0.25, 0.3) is 11.3 Å². The van der Waals surface area contributed by atoms with Crippen molar-refractivity contribution < 1.29 is 9.53 Å². The number of nitrogens with one attached hydrogen (secondary N) is 1. The predicted molar refractivity (Wildman–Crippen MR) is 112 cm³/mol. The molecular weight excluding hydrogens is 372 g/mol. The molecule has 3 aromatic rings. The number of thiazole rings is 1. The topological polar surface area (TPSA) is 67.3 Å². The highest BCUT2D eigenvalue weighted by molar-refractivity contribution is 7.14. The lowest BCUT2D eigenvalue weighted by molar-refractivity contribution is -0.120. The van der Waals surface area contributed by atoms with Gasteiger partial charge in [-0.2, -0.15) is 0 Å². The Morgan fingerprint density at radius 2 is 2.00 bits per heavy atom. The molecule has 2 aromatic heterocycles. The summed E-state index contributed by atoms with van der Waals surface area (Å²) in [6.45, 7) is 1.68. The lowest BCUT2D eigenvalue weighted by Crippen LogP contribution is -2.40. The van der Waals surface area contributed by atoms with Gasteiger partial charge in [-0.15, -0.1) is 11.3 Å². The molecule has 1 fully saturated rings. The monoisotopic (exact) mass is 394 g/mol. The molecule has 0 spiro atoms. The smallest absolute Gasteiger partial charge is 0.231 e. The van der Waals surface area contributed by atoms with Gasteiger partial charge in [0.15, 0.2) is 5.13 Å². The SMILES string of the molecule is COc1ccc(-c2csc(NC(=O)C3CCCN(c4ccncc4)C3)n2)cc1. The summed E-state index contributed by atoms with van der Waals surface area (Å²) >= 11 is 1.45. The van der Waals surface area contributed by atoms with Crippen LogP contribution >= 0.6 is 11.3 Å². The van der Waals surface area contributed by atoms with Crippen molar-refractivity contribution in [3.05, 3.63) is 54.2 Å². The van der Waals surface area contributed by atoms with Gasteiger partial charge in [-0.1, -0.05) is 0 Å². The number of carbonyl (C=O) groups is 1. The molecule has 0 radical (unpaired) electrons. The molecule has 1 atom stereocenters. The van der Waals surface area contributed by atoms with Crippen LogP contribution in [0.4, 0.5) is 10.8 Å². The molecule has 1 unspecified atom stereocenters. The molecule has 144 valence electrons. The zero-order chi connectivity index (χ0) is 19.3. The summed E-state index contributed by atoms with van der Waals surface area (Å²) in [7, 11) is 1.65. The highest BCUT2D eigenvalue weighted by Crippen LogP contribution is 2.28. The molecule has 1 aliphatic rings. The maximum Gasteiger partial charge on any atom is 0.231 e. The molecule has 1 aliphatic heterocycles. The summed E-state index contributed by atoms with van der Waals surface area (Å²) in [5.74, 6) is 0.799. The van der Waals surface area contributed by atoms with Crippen molar-refractivity contribution in [2.45, 2.75) is 12.8 Å². The molecule has 6 nitrogen and oxygen atoms in total. The molecule has 1 N–H and O–H groups in total. The molecular formula is C21H22N4O2S. The summed E-state index contributed by atoms with van der Waals surface area (Å²) < 4.78 is 5.19. The van der Waals surface area contributed by atoms with Crippen molar-refractivity contribution in [1.29, 1.82) is 0 Å². The Labute approximate surface area is 168 Å². The fourth-order valence-corrected chi connectivity index (χ4v) is 4.14. The largest absolute Gasteiger partial charge is 0.497 e. The number of anilines is 2. The first-order valence-electron chi connectivity index (χ1n) is 9.29. The van der Waals surface area contributed by atoms with Crippen LogP contribution in [-0.4, -0.2) is 36.1 Å². The van der Waals surface area contributed by atoms with Gasteiger partial charge in [-0.3, -0.25) is 9.78 Å². The minimum atomic E-state index is -0.0461. The number of amides is 1. The third kappa shape index (κ3) is 4.14. The van der Waals surface area contributed by atoms with E-state index in [1.165, 1.54) is 11.3 Å². The fourth-order valence-electron chi connectivity index (χ4n) is 3.41. The Morgan fingerprint density at radius 1 is 1.21 bits per heavy atom. The third-order valence-electron chi connectivity index (χ3n) is 4.94. The molecule has 3 heterocycles. The van der Waals surface area contributed by atoms with E-state index in [2.05, 4.69) is 20.2 Å². The van der Waals surface area contributed by atoms with Crippen LogP contribution in [0.2, 0.25) is 0 Å². The average Bonchev–Trinajstić information content (AvgIpc) is 3.23. The minimum Gasteiger partial charge on any atom is -0.497 e. The third-order valence-corrected chi connectivity index (χ3v) is 5.70. The van der Waals surface area contributed by atoms with E-state index >= 15 is 0 Å². The van der Waals surface area contributed by atoms with Gasteiger partial charge < -0.3 is 15.0 Å². The molecule has 1 aromatic carbocycles. The molecule has 0 bridgehead atoms. The van der Waals surface area contributed by atoms with Gasteiger partial charge in [0.2, 0.25) is 5.91 Å². The lowest BCUT2D eigenvalue weighted by atomic mass is 9.97. The summed E-state index contributed by atoms with van der Waals surface area (Å²) in [5.41, 5.74) is 2.97. The van der Waals surface area contributed by atoms with E-state index < -0.39 is 0 Å². The van der Waals surface area contributed by atoms with E-state index in [0.717, 1.165) is 42.1 Å². The fraction of sp³-hybridized carbons (Fsp3) is 0.286. The number of methoxy groups -OCH3 is 1. The lowest BCUT2D eigenvalue weighted by Gasteiger charge is -2.33. The Bertz CT molecular complexity index is 927. The normalized spacial score (nSPS) is 16.6. The van der Waals surface area contributed by atoms with E-state index in [-0.39, 0.29) is 11.8 Å². The van der Waals surface area contributed by atoms with Gasteiger partial charge in [0, 0.05) is 42.1 Å². The second-order valence-electron chi connectivity index (χ2n) is 6.75. The predicted octanol–water partition coefficient (Wildman–Crippen LogP) is 4.07. The van der Waals surface area contributed by atoms with Crippen molar-refractivity contribution in [2.24, 2.45) is 5.92 Å². The second-order valence-corrected chi connectivity index (χ2v) is 7.60. The van der Waals surface area contributed by atoms with Crippen molar-refractivity contribution >= 4 is 28.1 Å². The Balaban J connectivity index is 1.40. The van der Waals surface area contributed by atoms with Crippen LogP contribution in [-0.2, 0) is 4.79 Å². The van der Waals surface area contributed by atoms with Gasteiger partial charge in [0.1, 0.15) is 5.75 Å². The molecule has 0 aliphatic carbocycles. The number of pyridine rings is 1. The number of hydrogen-bond acceptors (Lipinski definition) is 6. The first-order chi connectivity index (χ1) is 13.7. The number of ether oxygens (including phenoxy) is 1. The molecule has 1 saturated heterocycles. The summed E-state index contributed by atoms with van der Waals surface area (Å²) in [4.78, 5) is 23.7. The van der Waals surface area contributed by atoms with Gasteiger partial charge in [0.25, 0.3) is 0 Å². The number of piperidine rings is 1. The molecule has 0 saturated carbocycles. The first-order valence-corrected chi connectivity index (χ1v) is 10.2. The van der Waals surface area contributed by atoms with E-state index in [1.807, 2.05) is 41.8 Å². The van der Waals surface area contributed by atoms with Gasteiger partial charge in [-0.25, -0.2) is 4.98 Å². The maximum absolute atomic E-state index is 12.8. The summed E-state index contributed by atoms with van der Waals surface area (Å²) in [5, 5.41) is 5.60. The Kier molecular flexibility index (Phi) is 5.53. The zero-order valence-corrected chi connectivity index (χ0v) is 16.5. The Morgan fingerprint density at radius 3 is 2.75 bits per heavy atom. The summed E-state index contributed by atoms with van der Waals surface area (Å²) in [6, 6.07) is 11.7. The standard InChI is InChI=1S/C21H22N4O2S/c1-27-18-6-4-15(5-7-18)19-14-28-21(23-19)24-20(26)16-3-2-12-25(13-16)17-8-10-22-11-9-17/h4-11,14,16H,2-3,12-13H2,1H3,(H,23,24,26). The Hall–Kier alpha value is -2.93. The number of hydrogen-bond donors (Lipinski definition) is 1. The highest BCUT2D eigenvalue weighted by Gasteiger charge is 2.26. The number of benzene rings is 1. The number of nitrogens with zero attached hydrogens (tertiary/aromatic N) is 3. The van der Waals surface area contributed by atoms with Crippen LogP contribution in [0.5, 0.6) is 5.75 Å². The van der Waals surface area contributed by atoms with E-state index in [0.29, 0.717) is 11.7 Å². The van der Waals surface area contributed by atoms with Crippen LogP contribution in [0.3, 0.4) is 0 Å². The second kappa shape index (κ2) is 8.39. The van der Waals surface area contributed by atoms with Crippen LogP contribution in [0, 0.1) is 5.92 Å². The van der Waals surface area contributed by atoms with Crippen LogP contribution in [0.1, 0.15) is 12.8 Å². The van der Waals surface area contributed by atoms with Gasteiger partial charge in [-0.05, 0) is 49.2 Å². The maximum atomic E-state index is 12.8. The molecule has 1 amide bonds. The molecule has 4 rings (SSSR count). The van der Waals surface area contributed by atoms with Gasteiger partial charge in [0.05, 0.1) is 18.7 Å². The number of rotatable bonds is 5. The van der Waals surface area contributed by atoms with Gasteiger partial charge >= 0.3 is 0 Å². The number of aromatic nitrogens is 2. The van der Waals surface area contributed by atoms with E-state index in [4.69, 9.17) is 4.74 Å². The van der Waals surface area contributed by atoms with Crippen molar-refractivity contribution in [3.63, 3.8) is 0 Å². The quantitative estimate of drug-likeness (QED) is 0.707. The highest BCUT2D eigenvalue weighted by atomic mass is 32.1. The van der Waals surface area contributed by atoms with E-state index in [1.54, 1.807) is 19.5 Å². The molecule has 28 heavy (non-hydrogen) atoms. The summed E-state index contributed by atoms with van der Waals surface area (Å²) in [6.07, 6.45) is 5.46. The number of carbonyl (C=O) groups excluding carboxylic acids is 1. The van der Waals surface area contributed by atoms with Crippen molar-refractivity contribution in [3.8, 4) is 17.0 Å². The molecule has 7 heteroatoms. The zero-order valence-electron chi connectivity index (χ0n) is 15.7. The average molecular weight is 395 g/mol. The first kappa shape index (κ1) is 18.4. The van der Waals surface area contributed by atoms with Crippen molar-refractivity contribution in [1.82, 2.24) is 9.97 Å². The van der Waals surface area contributed by atoms with Crippen LogP contribution < -0.4 is 15.0 Å². The van der Waals surface area contributed by atoms with Crippen molar-refractivity contribution in [2.75, 3.05) is 30.4 Å².